The average Bonchev–Trinajstić information content (AvgIpc) is 2.39. The zero-order valence-corrected chi connectivity index (χ0v) is 10.9. The van der Waals surface area contributed by atoms with E-state index < -0.39 is 16.4 Å². The maximum absolute atomic E-state index is 13.7. The highest BCUT2D eigenvalue weighted by atomic mass is 19.1. The van der Waals surface area contributed by atoms with Gasteiger partial charge in [0, 0.05) is 31.8 Å². The van der Waals surface area contributed by atoms with Gasteiger partial charge in [-0.15, -0.1) is 0 Å². The molecule has 0 bridgehead atoms. The second-order valence-corrected chi connectivity index (χ2v) is 4.02. The first-order valence-electron chi connectivity index (χ1n) is 5.83. The lowest BCUT2D eigenvalue weighted by Gasteiger charge is -2.14. The van der Waals surface area contributed by atoms with Crippen molar-refractivity contribution in [2.75, 3.05) is 20.1 Å². The summed E-state index contributed by atoms with van der Waals surface area (Å²) >= 11 is 0. The monoisotopic (exact) mass is 269 g/mol. The van der Waals surface area contributed by atoms with Crippen molar-refractivity contribution < 1.29 is 14.1 Å². The number of rotatable bonds is 6. The third kappa shape index (κ3) is 3.99. The number of benzene rings is 1. The van der Waals surface area contributed by atoms with Crippen LogP contribution >= 0.6 is 0 Å². The molecule has 6 nitrogen and oxygen atoms in total. The van der Waals surface area contributed by atoms with Gasteiger partial charge in [0.15, 0.2) is 0 Å². The fourth-order valence-corrected chi connectivity index (χ4v) is 1.46. The molecule has 104 valence electrons. The van der Waals surface area contributed by atoms with Crippen LogP contribution in [-0.2, 0) is 11.3 Å². The van der Waals surface area contributed by atoms with Crippen molar-refractivity contribution in [3.05, 3.63) is 39.7 Å². The SMILES string of the molecule is CCN(C)C(=O)CNCc1cccc([N+](=O)[O-])c1F. The van der Waals surface area contributed by atoms with Crippen molar-refractivity contribution in [1.82, 2.24) is 10.2 Å². The second-order valence-electron chi connectivity index (χ2n) is 4.02. The van der Waals surface area contributed by atoms with Crippen molar-refractivity contribution >= 4 is 11.6 Å². The van der Waals surface area contributed by atoms with Gasteiger partial charge >= 0.3 is 5.69 Å². The standard InChI is InChI=1S/C12H16FN3O3/c1-3-15(2)11(17)8-14-7-9-5-4-6-10(12(9)13)16(18)19/h4-6,14H,3,7-8H2,1-2H3. The van der Waals surface area contributed by atoms with Crippen LogP contribution in [0.15, 0.2) is 18.2 Å². The summed E-state index contributed by atoms with van der Waals surface area (Å²) in [6, 6.07) is 3.97. The summed E-state index contributed by atoms with van der Waals surface area (Å²) in [6.45, 7) is 2.56. The molecule has 1 rings (SSSR count). The van der Waals surface area contributed by atoms with E-state index in [0.717, 1.165) is 6.07 Å². The molecule has 1 aromatic rings. The van der Waals surface area contributed by atoms with E-state index in [4.69, 9.17) is 0 Å². The van der Waals surface area contributed by atoms with Gasteiger partial charge in [-0.3, -0.25) is 14.9 Å². The first-order valence-corrected chi connectivity index (χ1v) is 5.83. The van der Waals surface area contributed by atoms with Gasteiger partial charge in [0.1, 0.15) is 0 Å². The summed E-state index contributed by atoms with van der Waals surface area (Å²) in [6.07, 6.45) is 0. The van der Waals surface area contributed by atoms with E-state index in [1.165, 1.54) is 17.0 Å². The maximum atomic E-state index is 13.7. The highest BCUT2D eigenvalue weighted by Crippen LogP contribution is 2.19. The Balaban J connectivity index is 2.62. The number of hydrogen-bond acceptors (Lipinski definition) is 4. The fourth-order valence-electron chi connectivity index (χ4n) is 1.46. The van der Waals surface area contributed by atoms with E-state index in [1.54, 1.807) is 7.05 Å². The molecule has 0 aromatic heterocycles. The number of hydrogen-bond donors (Lipinski definition) is 1. The Morgan fingerprint density at radius 3 is 2.79 bits per heavy atom. The molecular formula is C12H16FN3O3. The Labute approximate surface area is 110 Å². The molecule has 0 aliphatic heterocycles. The predicted octanol–water partition coefficient (Wildman–Crippen LogP) is 1.30. The van der Waals surface area contributed by atoms with Crippen LogP contribution in [-0.4, -0.2) is 35.9 Å². The third-order valence-electron chi connectivity index (χ3n) is 2.75. The highest BCUT2D eigenvalue weighted by Gasteiger charge is 2.17. The molecule has 7 heteroatoms. The molecule has 0 unspecified atom stereocenters. The predicted molar refractivity (Wildman–Crippen MR) is 68.1 cm³/mol. The zero-order chi connectivity index (χ0) is 14.4. The molecule has 1 aromatic carbocycles. The van der Waals surface area contributed by atoms with Crippen molar-refractivity contribution in [3.63, 3.8) is 0 Å². The van der Waals surface area contributed by atoms with Crippen molar-refractivity contribution in [1.29, 1.82) is 0 Å². The van der Waals surface area contributed by atoms with Gasteiger partial charge in [0.2, 0.25) is 11.7 Å². The lowest BCUT2D eigenvalue weighted by Crippen LogP contribution is -2.35. The van der Waals surface area contributed by atoms with Gasteiger partial charge in [-0.2, -0.15) is 4.39 Å². The van der Waals surface area contributed by atoms with Gasteiger partial charge in [0.05, 0.1) is 11.5 Å². The molecule has 0 saturated carbocycles. The van der Waals surface area contributed by atoms with Crippen LogP contribution in [0.2, 0.25) is 0 Å². The van der Waals surface area contributed by atoms with Gasteiger partial charge in [-0.05, 0) is 6.92 Å². The van der Waals surface area contributed by atoms with Crippen LogP contribution in [0.5, 0.6) is 0 Å². The van der Waals surface area contributed by atoms with Crippen molar-refractivity contribution in [3.8, 4) is 0 Å². The Morgan fingerprint density at radius 2 is 2.21 bits per heavy atom. The van der Waals surface area contributed by atoms with Gasteiger partial charge in [-0.25, -0.2) is 0 Å². The summed E-state index contributed by atoms with van der Waals surface area (Å²) in [4.78, 5) is 22.8. The molecule has 19 heavy (non-hydrogen) atoms. The van der Waals surface area contributed by atoms with E-state index in [9.17, 15) is 19.3 Å². The topological polar surface area (TPSA) is 75.5 Å². The molecule has 0 aliphatic rings. The number of carbonyl (C=O) groups excluding carboxylic acids is 1. The Hall–Kier alpha value is -2.02. The fraction of sp³-hybridized carbons (Fsp3) is 0.417. The Bertz CT molecular complexity index is 479. The van der Waals surface area contributed by atoms with Crippen LogP contribution in [0.1, 0.15) is 12.5 Å². The number of nitro groups is 1. The lowest BCUT2D eigenvalue weighted by molar-refractivity contribution is -0.387. The van der Waals surface area contributed by atoms with E-state index in [1.807, 2.05) is 6.92 Å². The number of likely N-dealkylation sites (N-methyl/N-ethyl adjacent to an activating group) is 1. The molecule has 1 N–H and O–H groups in total. The number of nitrogens with zero attached hydrogens (tertiary/aromatic N) is 2. The summed E-state index contributed by atoms with van der Waals surface area (Å²) in [7, 11) is 1.66. The van der Waals surface area contributed by atoms with Crippen LogP contribution in [0, 0.1) is 15.9 Å². The van der Waals surface area contributed by atoms with Crippen LogP contribution in [0.25, 0.3) is 0 Å². The first-order chi connectivity index (χ1) is 8.97. The van der Waals surface area contributed by atoms with Crippen molar-refractivity contribution in [2.24, 2.45) is 0 Å². The van der Waals surface area contributed by atoms with Crippen molar-refractivity contribution in [2.45, 2.75) is 13.5 Å². The van der Waals surface area contributed by atoms with Crippen LogP contribution in [0.4, 0.5) is 10.1 Å². The average molecular weight is 269 g/mol. The molecule has 0 radical (unpaired) electrons. The quantitative estimate of drug-likeness (QED) is 0.624. The highest BCUT2D eigenvalue weighted by molar-refractivity contribution is 5.77. The summed E-state index contributed by atoms with van der Waals surface area (Å²) < 4.78 is 13.7. The molecule has 0 fully saturated rings. The smallest absolute Gasteiger partial charge is 0.305 e. The molecular weight excluding hydrogens is 253 g/mol. The van der Waals surface area contributed by atoms with Crippen LogP contribution in [0.3, 0.4) is 0 Å². The van der Waals surface area contributed by atoms with Gasteiger partial charge < -0.3 is 10.2 Å². The number of nitro benzene ring substituents is 1. The zero-order valence-electron chi connectivity index (χ0n) is 10.9. The molecule has 0 spiro atoms. The molecule has 1 amide bonds. The number of amides is 1. The van der Waals surface area contributed by atoms with Crippen LogP contribution < -0.4 is 5.32 Å². The minimum atomic E-state index is -0.865. The number of halogens is 1. The second kappa shape index (κ2) is 6.79. The Morgan fingerprint density at radius 1 is 1.53 bits per heavy atom. The Kier molecular flexibility index (Phi) is 5.37. The third-order valence-corrected chi connectivity index (χ3v) is 2.75. The maximum Gasteiger partial charge on any atom is 0.305 e. The van der Waals surface area contributed by atoms with Gasteiger partial charge in [-0.1, -0.05) is 12.1 Å². The van der Waals surface area contributed by atoms with Gasteiger partial charge in [0.25, 0.3) is 0 Å². The van der Waals surface area contributed by atoms with E-state index in [-0.39, 0.29) is 24.6 Å². The number of nitrogens with one attached hydrogen (secondary N) is 1. The molecule has 0 heterocycles. The van der Waals surface area contributed by atoms with E-state index in [2.05, 4.69) is 5.32 Å². The molecule has 0 saturated heterocycles. The molecule has 0 aliphatic carbocycles. The van der Waals surface area contributed by atoms with E-state index >= 15 is 0 Å². The molecule has 0 atom stereocenters. The first kappa shape index (κ1) is 15.0. The minimum Gasteiger partial charge on any atom is -0.345 e. The minimum absolute atomic E-state index is 0.0620. The van der Waals surface area contributed by atoms with E-state index in [0.29, 0.717) is 6.54 Å². The largest absolute Gasteiger partial charge is 0.345 e. The summed E-state index contributed by atoms with van der Waals surface area (Å²) in [5.41, 5.74) is -0.391. The normalized spacial score (nSPS) is 10.3. The number of carbonyl (C=O) groups is 1. The lowest BCUT2D eigenvalue weighted by atomic mass is 10.2. The summed E-state index contributed by atoms with van der Waals surface area (Å²) in [5, 5.41) is 13.3. The summed E-state index contributed by atoms with van der Waals surface area (Å²) in [5.74, 6) is -0.982.